The summed E-state index contributed by atoms with van der Waals surface area (Å²) in [4.78, 5) is 27.9. The molecule has 0 bridgehead atoms. The lowest BCUT2D eigenvalue weighted by molar-refractivity contribution is -0.143. The van der Waals surface area contributed by atoms with Crippen LogP contribution in [-0.2, 0) is 23.7 Å². The second-order valence-corrected chi connectivity index (χ2v) is 9.67. The van der Waals surface area contributed by atoms with E-state index in [1.54, 1.807) is 6.92 Å². The Morgan fingerprint density at radius 3 is 2.18 bits per heavy atom. The SMILES string of the molecule is Cc1cc(F)ccc1[C@H]1C[C@H](NC(=O)C(C)O)CCN1C(=O)N(C)Cc1cc(C(F)(F)F)cc(C(F)(F)F)c1. The Bertz CT molecular complexity index is 1180. The maximum atomic E-state index is 13.8. The Morgan fingerprint density at radius 1 is 1.08 bits per heavy atom. The molecule has 3 rings (SSSR count). The van der Waals surface area contributed by atoms with Gasteiger partial charge in [-0.15, -0.1) is 0 Å². The minimum Gasteiger partial charge on any atom is -0.384 e. The second-order valence-electron chi connectivity index (χ2n) is 9.67. The molecule has 1 saturated heterocycles. The molecule has 0 saturated carbocycles. The number of hydrogen-bond donors (Lipinski definition) is 2. The molecule has 0 spiro atoms. The van der Waals surface area contributed by atoms with E-state index in [1.165, 1.54) is 37.1 Å². The molecule has 1 unspecified atom stereocenters. The lowest BCUT2D eigenvalue weighted by Crippen LogP contribution is -2.52. The number of urea groups is 1. The molecule has 2 aromatic carbocycles. The number of alkyl halides is 6. The maximum absolute atomic E-state index is 13.8. The number of nitrogens with one attached hydrogen (secondary N) is 1. The summed E-state index contributed by atoms with van der Waals surface area (Å²) in [5.41, 5.74) is -2.25. The van der Waals surface area contributed by atoms with Crippen LogP contribution < -0.4 is 5.32 Å². The van der Waals surface area contributed by atoms with Crippen LogP contribution in [0.5, 0.6) is 0 Å². The molecule has 1 aliphatic heterocycles. The second kappa shape index (κ2) is 11.4. The third-order valence-electron chi connectivity index (χ3n) is 6.56. The van der Waals surface area contributed by atoms with E-state index < -0.39 is 66.0 Å². The standard InChI is InChI=1S/C26H28F7N3O3/c1-14-8-19(27)4-5-21(14)22-12-20(34-23(38)15(2)37)6-7-36(22)24(39)35(3)13-16-9-17(25(28,29)30)11-18(10-16)26(31,32)33/h4-5,8-11,15,20,22,37H,6-7,12-13H2,1-3H3,(H,34,38)/t15?,20-,22-/m1/s1. The Morgan fingerprint density at radius 2 is 1.67 bits per heavy atom. The predicted octanol–water partition coefficient (Wildman–Crippen LogP) is 5.43. The zero-order valence-electron chi connectivity index (χ0n) is 21.3. The van der Waals surface area contributed by atoms with Crippen LogP contribution in [0.4, 0.5) is 35.5 Å². The average Bonchev–Trinajstić information content (AvgIpc) is 2.82. The van der Waals surface area contributed by atoms with Crippen molar-refractivity contribution in [3.05, 3.63) is 70.0 Å². The number of rotatable bonds is 5. The number of nitrogens with zero attached hydrogens (tertiary/aromatic N) is 2. The summed E-state index contributed by atoms with van der Waals surface area (Å²) in [5.74, 6) is -1.12. The Labute approximate surface area is 220 Å². The van der Waals surface area contributed by atoms with Gasteiger partial charge in [0.2, 0.25) is 5.91 Å². The minimum atomic E-state index is -5.03. The van der Waals surface area contributed by atoms with Crippen molar-refractivity contribution in [2.24, 2.45) is 0 Å². The maximum Gasteiger partial charge on any atom is 0.416 e. The van der Waals surface area contributed by atoms with Crippen molar-refractivity contribution in [2.75, 3.05) is 13.6 Å². The van der Waals surface area contributed by atoms with Crippen LogP contribution in [0.1, 0.15) is 53.6 Å². The molecule has 2 N–H and O–H groups in total. The molecule has 1 aliphatic rings. The van der Waals surface area contributed by atoms with Gasteiger partial charge in [0.25, 0.3) is 0 Å². The number of amides is 3. The highest BCUT2D eigenvalue weighted by Crippen LogP contribution is 2.37. The Balaban J connectivity index is 1.90. The van der Waals surface area contributed by atoms with Crippen LogP contribution in [0, 0.1) is 12.7 Å². The van der Waals surface area contributed by atoms with Gasteiger partial charge in [-0.1, -0.05) is 6.07 Å². The summed E-state index contributed by atoms with van der Waals surface area (Å²) in [6, 6.07) is 3.29. The number of benzene rings is 2. The summed E-state index contributed by atoms with van der Waals surface area (Å²) >= 11 is 0. The van der Waals surface area contributed by atoms with Gasteiger partial charge in [-0.25, -0.2) is 9.18 Å². The fourth-order valence-electron chi connectivity index (χ4n) is 4.63. The monoisotopic (exact) mass is 563 g/mol. The predicted molar refractivity (Wildman–Crippen MR) is 127 cm³/mol. The van der Waals surface area contributed by atoms with Crippen LogP contribution in [-0.4, -0.2) is 52.6 Å². The molecular weight excluding hydrogens is 535 g/mol. The number of aliphatic hydroxyl groups excluding tert-OH is 1. The van der Waals surface area contributed by atoms with E-state index in [0.29, 0.717) is 23.3 Å². The zero-order chi connectivity index (χ0) is 29.3. The highest BCUT2D eigenvalue weighted by Gasteiger charge is 2.38. The van der Waals surface area contributed by atoms with Crippen molar-refractivity contribution in [1.82, 2.24) is 15.1 Å². The molecule has 0 aromatic heterocycles. The number of carbonyl (C=O) groups is 2. The highest BCUT2D eigenvalue weighted by molar-refractivity contribution is 5.80. The smallest absolute Gasteiger partial charge is 0.384 e. The molecule has 13 heteroatoms. The number of hydrogen-bond acceptors (Lipinski definition) is 3. The number of aryl methyl sites for hydroxylation is 1. The molecule has 0 aliphatic carbocycles. The van der Waals surface area contributed by atoms with Crippen molar-refractivity contribution in [2.45, 2.75) is 63.8 Å². The molecule has 6 nitrogen and oxygen atoms in total. The number of likely N-dealkylation sites (tertiary alicyclic amines) is 1. The first kappa shape index (κ1) is 30.2. The van der Waals surface area contributed by atoms with Gasteiger partial charge in [0, 0.05) is 26.2 Å². The van der Waals surface area contributed by atoms with Gasteiger partial charge in [-0.2, -0.15) is 26.3 Å². The van der Waals surface area contributed by atoms with Crippen molar-refractivity contribution in [3.8, 4) is 0 Å². The summed E-state index contributed by atoms with van der Waals surface area (Å²) in [6.45, 7) is 2.46. The van der Waals surface area contributed by atoms with E-state index in [4.69, 9.17) is 0 Å². The number of carbonyl (C=O) groups excluding carboxylic acids is 2. The van der Waals surface area contributed by atoms with E-state index in [9.17, 15) is 45.4 Å². The van der Waals surface area contributed by atoms with Gasteiger partial charge in [0.15, 0.2) is 0 Å². The molecule has 214 valence electrons. The average molecular weight is 564 g/mol. The van der Waals surface area contributed by atoms with Gasteiger partial charge in [-0.05, 0) is 73.7 Å². The quantitative estimate of drug-likeness (QED) is 0.477. The summed E-state index contributed by atoms with van der Waals surface area (Å²) in [5, 5.41) is 12.2. The normalized spacial score (nSPS) is 19.0. The third kappa shape index (κ3) is 7.40. The molecule has 1 fully saturated rings. The summed E-state index contributed by atoms with van der Waals surface area (Å²) < 4.78 is 93.4. The number of halogens is 7. The van der Waals surface area contributed by atoms with E-state index in [-0.39, 0.29) is 31.0 Å². The van der Waals surface area contributed by atoms with Crippen molar-refractivity contribution >= 4 is 11.9 Å². The van der Waals surface area contributed by atoms with Crippen LogP contribution >= 0.6 is 0 Å². The number of aliphatic hydroxyl groups is 1. The number of piperidine rings is 1. The van der Waals surface area contributed by atoms with Gasteiger partial charge >= 0.3 is 18.4 Å². The molecule has 39 heavy (non-hydrogen) atoms. The van der Waals surface area contributed by atoms with Crippen molar-refractivity contribution in [3.63, 3.8) is 0 Å². The third-order valence-corrected chi connectivity index (χ3v) is 6.56. The lowest BCUT2D eigenvalue weighted by atomic mass is 9.89. The van der Waals surface area contributed by atoms with Gasteiger partial charge < -0.3 is 20.2 Å². The fraction of sp³-hybridized carbons (Fsp3) is 0.462. The van der Waals surface area contributed by atoms with Crippen LogP contribution in [0.15, 0.2) is 36.4 Å². The largest absolute Gasteiger partial charge is 0.416 e. The minimum absolute atomic E-state index is 0.0188. The summed E-state index contributed by atoms with van der Waals surface area (Å²) in [6.07, 6.45) is -10.9. The Kier molecular flexibility index (Phi) is 8.83. The van der Waals surface area contributed by atoms with Gasteiger partial charge in [0.05, 0.1) is 17.2 Å². The van der Waals surface area contributed by atoms with Crippen LogP contribution in [0.2, 0.25) is 0 Å². The molecule has 0 radical (unpaired) electrons. The van der Waals surface area contributed by atoms with Crippen LogP contribution in [0.25, 0.3) is 0 Å². The van der Waals surface area contributed by atoms with Gasteiger partial charge in [-0.3, -0.25) is 4.79 Å². The highest BCUT2D eigenvalue weighted by atomic mass is 19.4. The Hall–Kier alpha value is -3.35. The first-order valence-electron chi connectivity index (χ1n) is 12.0. The van der Waals surface area contributed by atoms with Crippen molar-refractivity contribution < 1.29 is 45.4 Å². The first-order chi connectivity index (χ1) is 18.0. The lowest BCUT2D eigenvalue weighted by Gasteiger charge is -2.42. The fourth-order valence-corrected chi connectivity index (χ4v) is 4.63. The molecule has 2 aromatic rings. The molecule has 3 amide bonds. The topological polar surface area (TPSA) is 72.9 Å². The van der Waals surface area contributed by atoms with E-state index >= 15 is 0 Å². The molecular formula is C26H28F7N3O3. The van der Waals surface area contributed by atoms with Crippen molar-refractivity contribution in [1.29, 1.82) is 0 Å². The van der Waals surface area contributed by atoms with Gasteiger partial charge in [0.1, 0.15) is 11.9 Å². The zero-order valence-corrected chi connectivity index (χ0v) is 21.3. The molecule has 3 atom stereocenters. The summed E-state index contributed by atoms with van der Waals surface area (Å²) in [7, 11) is 1.26. The molecule has 1 heterocycles. The van der Waals surface area contributed by atoms with E-state index in [1.807, 2.05) is 0 Å². The van der Waals surface area contributed by atoms with Crippen LogP contribution in [0.3, 0.4) is 0 Å². The van der Waals surface area contributed by atoms with E-state index in [0.717, 1.165) is 4.90 Å². The first-order valence-corrected chi connectivity index (χ1v) is 12.0. The van der Waals surface area contributed by atoms with E-state index in [2.05, 4.69) is 5.32 Å².